The van der Waals surface area contributed by atoms with Crippen molar-refractivity contribution in [3.05, 3.63) is 0 Å². The normalized spacial score (nSPS) is 26.9. The SMILES string of the molecule is COCCOCCCC1CC(C(C)C)CCC1C(=O)O. The summed E-state index contributed by atoms with van der Waals surface area (Å²) in [4.78, 5) is 11.4. The summed E-state index contributed by atoms with van der Waals surface area (Å²) in [6, 6.07) is 0. The van der Waals surface area contributed by atoms with Gasteiger partial charge in [-0.1, -0.05) is 13.8 Å². The molecule has 0 aromatic carbocycles. The predicted octanol–water partition coefficient (Wildman–Crippen LogP) is 3.20. The van der Waals surface area contributed by atoms with Crippen molar-refractivity contribution in [3.63, 3.8) is 0 Å². The highest BCUT2D eigenvalue weighted by Crippen LogP contribution is 2.39. The molecule has 118 valence electrons. The summed E-state index contributed by atoms with van der Waals surface area (Å²) in [6.45, 7) is 6.45. The highest BCUT2D eigenvalue weighted by atomic mass is 16.5. The molecule has 4 heteroatoms. The Morgan fingerprint density at radius 3 is 2.60 bits per heavy atom. The van der Waals surface area contributed by atoms with Crippen LogP contribution >= 0.6 is 0 Å². The van der Waals surface area contributed by atoms with Gasteiger partial charge in [0.2, 0.25) is 0 Å². The second kappa shape index (κ2) is 9.35. The van der Waals surface area contributed by atoms with Crippen molar-refractivity contribution < 1.29 is 19.4 Å². The minimum absolute atomic E-state index is 0.149. The van der Waals surface area contributed by atoms with Gasteiger partial charge in [-0.3, -0.25) is 4.79 Å². The summed E-state index contributed by atoms with van der Waals surface area (Å²) >= 11 is 0. The molecule has 0 radical (unpaired) electrons. The molecule has 0 aromatic rings. The summed E-state index contributed by atoms with van der Waals surface area (Å²) in [7, 11) is 1.66. The molecule has 0 aliphatic heterocycles. The first-order valence-corrected chi connectivity index (χ1v) is 7.85. The van der Waals surface area contributed by atoms with E-state index in [-0.39, 0.29) is 5.92 Å². The molecule has 0 spiro atoms. The molecule has 1 aliphatic rings. The van der Waals surface area contributed by atoms with E-state index in [0.29, 0.717) is 37.6 Å². The van der Waals surface area contributed by atoms with Gasteiger partial charge >= 0.3 is 5.97 Å². The van der Waals surface area contributed by atoms with Crippen molar-refractivity contribution in [2.24, 2.45) is 23.7 Å². The Labute approximate surface area is 122 Å². The third-order valence-corrected chi connectivity index (χ3v) is 4.58. The molecule has 0 saturated heterocycles. The number of rotatable bonds is 9. The summed E-state index contributed by atoms with van der Waals surface area (Å²) in [6.07, 6.45) is 4.88. The number of hydrogen-bond donors (Lipinski definition) is 1. The molecule has 1 rings (SSSR count). The highest BCUT2D eigenvalue weighted by Gasteiger charge is 2.35. The van der Waals surface area contributed by atoms with Crippen LogP contribution in [0.15, 0.2) is 0 Å². The van der Waals surface area contributed by atoms with Crippen LogP contribution in [0.4, 0.5) is 0 Å². The van der Waals surface area contributed by atoms with Gasteiger partial charge in [0.05, 0.1) is 19.1 Å². The Kier molecular flexibility index (Phi) is 8.15. The van der Waals surface area contributed by atoms with Crippen molar-refractivity contribution in [1.29, 1.82) is 0 Å². The molecule has 3 atom stereocenters. The van der Waals surface area contributed by atoms with Crippen molar-refractivity contribution in [2.75, 3.05) is 26.9 Å². The molecule has 1 N–H and O–H groups in total. The maximum atomic E-state index is 11.4. The van der Waals surface area contributed by atoms with Gasteiger partial charge in [0.25, 0.3) is 0 Å². The summed E-state index contributed by atoms with van der Waals surface area (Å²) in [5, 5.41) is 9.36. The smallest absolute Gasteiger partial charge is 0.306 e. The lowest BCUT2D eigenvalue weighted by Crippen LogP contribution is -2.32. The van der Waals surface area contributed by atoms with E-state index in [1.165, 1.54) is 0 Å². The molecular weight excluding hydrogens is 256 g/mol. The van der Waals surface area contributed by atoms with Gasteiger partial charge < -0.3 is 14.6 Å². The van der Waals surface area contributed by atoms with Crippen molar-refractivity contribution in [1.82, 2.24) is 0 Å². The van der Waals surface area contributed by atoms with Gasteiger partial charge in [-0.2, -0.15) is 0 Å². The first-order valence-electron chi connectivity index (χ1n) is 7.85. The first-order chi connectivity index (χ1) is 9.56. The molecular formula is C16H30O4. The zero-order valence-electron chi connectivity index (χ0n) is 13.1. The van der Waals surface area contributed by atoms with Gasteiger partial charge in [0.15, 0.2) is 0 Å². The fraction of sp³-hybridized carbons (Fsp3) is 0.938. The van der Waals surface area contributed by atoms with E-state index in [9.17, 15) is 9.90 Å². The number of aliphatic carboxylic acids is 1. The van der Waals surface area contributed by atoms with Crippen LogP contribution in [0.5, 0.6) is 0 Å². The number of methoxy groups -OCH3 is 1. The van der Waals surface area contributed by atoms with Crippen LogP contribution in [0.3, 0.4) is 0 Å². The van der Waals surface area contributed by atoms with Gasteiger partial charge in [-0.25, -0.2) is 0 Å². The zero-order valence-corrected chi connectivity index (χ0v) is 13.1. The molecule has 0 aromatic heterocycles. The maximum absolute atomic E-state index is 11.4. The minimum atomic E-state index is -0.613. The van der Waals surface area contributed by atoms with Crippen LogP contribution in [-0.2, 0) is 14.3 Å². The van der Waals surface area contributed by atoms with E-state index in [1.54, 1.807) is 7.11 Å². The summed E-state index contributed by atoms with van der Waals surface area (Å²) in [5.41, 5.74) is 0. The van der Waals surface area contributed by atoms with E-state index in [0.717, 1.165) is 32.1 Å². The van der Waals surface area contributed by atoms with E-state index in [4.69, 9.17) is 9.47 Å². The van der Waals surface area contributed by atoms with E-state index < -0.39 is 5.97 Å². The monoisotopic (exact) mass is 286 g/mol. The molecule has 1 saturated carbocycles. The number of hydrogen-bond acceptors (Lipinski definition) is 3. The maximum Gasteiger partial charge on any atom is 0.306 e. The Bertz CT molecular complexity index is 278. The first kappa shape index (κ1) is 17.4. The minimum Gasteiger partial charge on any atom is -0.481 e. The zero-order chi connectivity index (χ0) is 15.0. The predicted molar refractivity (Wildman–Crippen MR) is 78.7 cm³/mol. The van der Waals surface area contributed by atoms with Crippen molar-refractivity contribution >= 4 is 5.97 Å². The summed E-state index contributed by atoms with van der Waals surface area (Å²) in [5.74, 6) is 0.899. The highest BCUT2D eigenvalue weighted by molar-refractivity contribution is 5.70. The lowest BCUT2D eigenvalue weighted by atomic mass is 9.69. The Hall–Kier alpha value is -0.610. The van der Waals surface area contributed by atoms with Gasteiger partial charge in [0.1, 0.15) is 0 Å². The van der Waals surface area contributed by atoms with Crippen LogP contribution < -0.4 is 0 Å². The summed E-state index contributed by atoms with van der Waals surface area (Å²) < 4.78 is 10.4. The molecule has 3 unspecified atom stereocenters. The Morgan fingerprint density at radius 1 is 1.25 bits per heavy atom. The quantitative estimate of drug-likeness (QED) is 0.661. The second-order valence-electron chi connectivity index (χ2n) is 6.27. The molecule has 20 heavy (non-hydrogen) atoms. The number of ether oxygens (including phenoxy) is 2. The van der Waals surface area contributed by atoms with E-state index in [2.05, 4.69) is 13.8 Å². The average Bonchev–Trinajstić information content (AvgIpc) is 2.42. The molecule has 0 amide bonds. The third kappa shape index (κ3) is 5.80. The Balaban J connectivity index is 2.34. The standard InChI is InChI=1S/C16H30O4/c1-12(2)13-6-7-15(16(17)18)14(11-13)5-4-8-20-10-9-19-3/h12-15H,4-11H2,1-3H3,(H,17,18). The van der Waals surface area contributed by atoms with Gasteiger partial charge in [-0.15, -0.1) is 0 Å². The van der Waals surface area contributed by atoms with Crippen LogP contribution in [0.25, 0.3) is 0 Å². The van der Waals surface area contributed by atoms with Crippen LogP contribution in [0.1, 0.15) is 46.0 Å². The van der Waals surface area contributed by atoms with Crippen LogP contribution in [-0.4, -0.2) is 38.0 Å². The average molecular weight is 286 g/mol. The van der Waals surface area contributed by atoms with E-state index >= 15 is 0 Å². The van der Waals surface area contributed by atoms with E-state index in [1.807, 2.05) is 0 Å². The second-order valence-corrected chi connectivity index (χ2v) is 6.27. The third-order valence-electron chi connectivity index (χ3n) is 4.58. The lowest BCUT2D eigenvalue weighted by Gasteiger charge is -2.36. The number of carboxylic acids is 1. The van der Waals surface area contributed by atoms with Crippen LogP contribution in [0.2, 0.25) is 0 Å². The topological polar surface area (TPSA) is 55.8 Å². The van der Waals surface area contributed by atoms with Crippen molar-refractivity contribution in [3.8, 4) is 0 Å². The number of carbonyl (C=O) groups is 1. The van der Waals surface area contributed by atoms with Crippen molar-refractivity contribution in [2.45, 2.75) is 46.0 Å². The molecule has 1 aliphatic carbocycles. The molecule has 0 heterocycles. The lowest BCUT2D eigenvalue weighted by molar-refractivity contribution is -0.145. The fourth-order valence-electron chi connectivity index (χ4n) is 3.24. The molecule has 1 fully saturated rings. The number of carboxylic acid groups (broad SMARTS) is 1. The van der Waals surface area contributed by atoms with Gasteiger partial charge in [0, 0.05) is 13.7 Å². The molecule has 4 nitrogen and oxygen atoms in total. The van der Waals surface area contributed by atoms with Crippen LogP contribution in [0, 0.1) is 23.7 Å². The Morgan fingerprint density at radius 2 is 2.00 bits per heavy atom. The largest absolute Gasteiger partial charge is 0.481 e. The van der Waals surface area contributed by atoms with Gasteiger partial charge in [-0.05, 0) is 49.9 Å². The molecule has 0 bridgehead atoms. The fourth-order valence-corrected chi connectivity index (χ4v) is 3.24.